The largest absolute Gasteiger partial charge is 0.366 e. The lowest BCUT2D eigenvalue weighted by Gasteiger charge is -2.49. The van der Waals surface area contributed by atoms with Gasteiger partial charge < -0.3 is 10.6 Å². The first-order valence-electron chi connectivity index (χ1n) is 6.57. The molecule has 1 aliphatic heterocycles. The monoisotopic (exact) mass is 240 g/mol. The van der Waals surface area contributed by atoms with Gasteiger partial charge in [-0.3, -0.25) is 0 Å². The summed E-state index contributed by atoms with van der Waals surface area (Å²) in [4.78, 5) is 3.47. The third-order valence-corrected chi connectivity index (χ3v) is 5.08. The summed E-state index contributed by atoms with van der Waals surface area (Å²) in [5.74, 6) is 0.629. The number of thiocarbonyl (C=S) groups is 1. The van der Waals surface area contributed by atoms with Crippen molar-refractivity contribution >= 4 is 17.2 Å². The molecular formula is C13H24N2S. The maximum Gasteiger partial charge on any atom is 0.0779 e. The predicted molar refractivity (Wildman–Crippen MR) is 72.6 cm³/mol. The van der Waals surface area contributed by atoms with E-state index in [9.17, 15) is 0 Å². The average Bonchev–Trinajstić information content (AvgIpc) is 2.21. The highest BCUT2D eigenvalue weighted by Gasteiger charge is 2.41. The van der Waals surface area contributed by atoms with Gasteiger partial charge in [0.25, 0.3) is 0 Å². The van der Waals surface area contributed by atoms with E-state index in [1.54, 1.807) is 0 Å². The van der Waals surface area contributed by atoms with E-state index in [1.807, 2.05) is 0 Å². The SMILES string of the molecule is CN1C(=S)CCC2C1CCCCCC2(C)N. The Bertz CT molecular complexity index is 275. The van der Waals surface area contributed by atoms with E-state index in [0.717, 1.165) is 11.4 Å². The zero-order valence-corrected chi connectivity index (χ0v) is 11.4. The Morgan fingerprint density at radius 3 is 2.81 bits per heavy atom. The zero-order valence-electron chi connectivity index (χ0n) is 10.5. The smallest absolute Gasteiger partial charge is 0.0779 e. The fourth-order valence-corrected chi connectivity index (χ4v) is 3.74. The van der Waals surface area contributed by atoms with Gasteiger partial charge in [0.15, 0.2) is 0 Å². The van der Waals surface area contributed by atoms with Gasteiger partial charge in [0.1, 0.15) is 0 Å². The van der Waals surface area contributed by atoms with E-state index in [4.69, 9.17) is 18.0 Å². The molecule has 0 amide bonds. The molecule has 2 fully saturated rings. The molecule has 0 radical (unpaired) electrons. The van der Waals surface area contributed by atoms with Crippen LogP contribution in [0.5, 0.6) is 0 Å². The van der Waals surface area contributed by atoms with Crippen molar-refractivity contribution in [3.8, 4) is 0 Å². The van der Waals surface area contributed by atoms with Crippen molar-refractivity contribution in [1.82, 2.24) is 4.90 Å². The predicted octanol–water partition coefficient (Wildman–Crippen LogP) is 2.71. The molecule has 0 aromatic rings. The van der Waals surface area contributed by atoms with E-state index in [1.165, 1.54) is 38.5 Å². The Kier molecular flexibility index (Phi) is 3.55. The van der Waals surface area contributed by atoms with Crippen molar-refractivity contribution in [3.63, 3.8) is 0 Å². The minimum absolute atomic E-state index is 0.00931. The molecule has 2 N–H and O–H groups in total. The molecule has 2 rings (SSSR count). The van der Waals surface area contributed by atoms with Crippen molar-refractivity contribution < 1.29 is 0 Å². The quantitative estimate of drug-likeness (QED) is 0.660. The summed E-state index contributed by atoms with van der Waals surface area (Å²) in [7, 11) is 2.16. The standard InChI is InChI=1S/C13H24N2S/c1-13(14)9-5-3-4-6-11-10(13)7-8-12(16)15(11)2/h10-11H,3-9,14H2,1-2H3. The second-order valence-corrected chi connectivity index (χ2v) is 6.29. The van der Waals surface area contributed by atoms with Gasteiger partial charge >= 0.3 is 0 Å². The van der Waals surface area contributed by atoms with Crippen LogP contribution in [0.2, 0.25) is 0 Å². The second kappa shape index (κ2) is 4.61. The lowest BCUT2D eigenvalue weighted by atomic mass is 9.70. The van der Waals surface area contributed by atoms with Crippen LogP contribution in [0.15, 0.2) is 0 Å². The van der Waals surface area contributed by atoms with Gasteiger partial charge in [-0.2, -0.15) is 0 Å². The minimum Gasteiger partial charge on any atom is -0.366 e. The number of likely N-dealkylation sites (tertiary alicyclic amines) is 1. The lowest BCUT2D eigenvalue weighted by molar-refractivity contribution is 0.113. The van der Waals surface area contributed by atoms with Crippen molar-refractivity contribution in [3.05, 3.63) is 0 Å². The molecule has 0 aromatic carbocycles. The molecule has 0 bridgehead atoms. The molecule has 2 aliphatic rings. The molecule has 3 unspecified atom stereocenters. The second-order valence-electron chi connectivity index (χ2n) is 5.82. The number of nitrogens with zero attached hydrogens (tertiary/aromatic N) is 1. The molecular weight excluding hydrogens is 216 g/mol. The molecule has 1 heterocycles. The summed E-state index contributed by atoms with van der Waals surface area (Å²) in [6.07, 6.45) is 8.66. The van der Waals surface area contributed by atoms with Crippen LogP contribution in [-0.2, 0) is 0 Å². The lowest BCUT2D eigenvalue weighted by Crippen LogP contribution is -2.57. The van der Waals surface area contributed by atoms with E-state index < -0.39 is 0 Å². The van der Waals surface area contributed by atoms with Gasteiger partial charge in [-0.05, 0) is 38.5 Å². The Hall–Kier alpha value is -0.150. The number of piperidine rings is 1. The molecule has 0 aromatic heterocycles. The maximum absolute atomic E-state index is 6.54. The minimum atomic E-state index is 0.00931. The molecule has 3 heteroatoms. The third-order valence-electron chi connectivity index (χ3n) is 4.59. The maximum atomic E-state index is 6.54. The fourth-order valence-electron chi connectivity index (χ4n) is 3.49. The van der Waals surface area contributed by atoms with E-state index in [-0.39, 0.29) is 5.54 Å². The summed E-state index contributed by atoms with van der Waals surface area (Å²) in [5, 5.41) is 0. The fraction of sp³-hybridized carbons (Fsp3) is 0.923. The number of hydrogen-bond acceptors (Lipinski definition) is 2. The van der Waals surface area contributed by atoms with E-state index in [0.29, 0.717) is 12.0 Å². The topological polar surface area (TPSA) is 29.3 Å². The molecule has 0 spiro atoms. The first-order valence-corrected chi connectivity index (χ1v) is 6.98. The van der Waals surface area contributed by atoms with E-state index >= 15 is 0 Å². The van der Waals surface area contributed by atoms with Crippen molar-refractivity contribution in [2.75, 3.05) is 7.05 Å². The summed E-state index contributed by atoms with van der Waals surface area (Å²) in [6, 6.07) is 0.594. The van der Waals surface area contributed by atoms with Gasteiger partial charge in [0.05, 0.1) is 4.99 Å². The number of rotatable bonds is 0. The molecule has 1 aliphatic carbocycles. The summed E-state index contributed by atoms with van der Waals surface area (Å²) in [6.45, 7) is 2.25. The highest BCUT2D eigenvalue weighted by Crippen LogP contribution is 2.38. The van der Waals surface area contributed by atoms with Crippen LogP contribution in [0.25, 0.3) is 0 Å². The van der Waals surface area contributed by atoms with Crippen molar-refractivity contribution in [2.24, 2.45) is 11.7 Å². The van der Waals surface area contributed by atoms with Crippen LogP contribution in [0.3, 0.4) is 0 Å². The van der Waals surface area contributed by atoms with Gasteiger partial charge in [-0.1, -0.05) is 31.5 Å². The first kappa shape index (κ1) is 12.3. The highest BCUT2D eigenvalue weighted by molar-refractivity contribution is 7.80. The van der Waals surface area contributed by atoms with Gasteiger partial charge in [0, 0.05) is 18.6 Å². The van der Waals surface area contributed by atoms with Crippen LogP contribution in [0.1, 0.15) is 51.9 Å². The Labute approximate surface area is 105 Å². The normalized spacial score (nSPS) is 41.2. The molecule has 3 atom stereocenters. The van der Waals surface area contributed by atoms with Crippen molar-refractivity contribution in [2.45, 2.75) is 63.5 Å². The number of nitrogens with two attached hydrogens (primary N) is 1. The van der Waals surface area contributed by atoms with Crippen molar-refractivity contribution in [1.29, 1.82) is 0 Å². The molecule has 16 heavy (non-hydrogen) atoms. The van der Waals surface area contributed by atoms with Gasteiger partial charge in [-0.15, -0.1) is 0 Å². The van der Waals surface area contributed by atoms with Crippen LogP contribution < -0.4 is 5.73 Å². The molecule has 1 saturated heterocycles. The summed E-state index contributed by atoms with van der Waals surface area (Å²) < 4.78 is 0. The third kappa shape index (κ3) is 2.25. The summed E-state index contributed by atoms with van der Waals surface area (Å²) >= 11 is 5.43. The summed E-state index contributed by atoms with van der Waals surface area (Å²) in [5.41, 5.74) is 6.55. The highest BCUT2D eigenvalue weighted by atomic mass is 32.1. The van der Waals surface area contributed by atoms with Crippen LogP contribution in [-0.4, -0.2) is 28.5 Å². The molecule has 92 valence electrons. The van der Waals surface area contributed by atoms with E-state index in [2.05, 4.69) is 18.9 Å². The van der Waals surface area contributed by atoms with Crippen LogP contribution >= 0.6 is 12.2 Å². The molecule has 2 nitrogen and oxygen atoms in total. The Morgan fingerprint density at radius 2 is 2.06 bits per heavy atom. The van der Waals surface area contributed by atoms with Gasteiger partial charge in [-0.25, -0.2) is 0 Å². The Balaban J connectivity index is 2.20. The number of fused-ring (bicyclic) bond motifs is 1. The first-order chi connectivity index (χ1) is 7.52. The van der Waals surface area contributed by atoms with Gasteiger partial charge in [0.2, 0.25) is 0 Å². The van der Waals surface area contributed by atoms with Crippen LogP contribution in [0.4, 0.5) is 0 Å². The average molecular weight is 240 g/mol. The Morgan fingerprint density at radius 1 is 1.31 bits per heavy atom. The molecule has 1 saturated carbocycles. The zero-order chi connectivity index (χ0) is 11.8. The number of hydrogen-bond donors (Lipinski definition) is 1. The van der Waals surface area contributed by atoms with Crippen LogP contribution in [0, 0.1) is 5.92 Å².